The zero-order valence-electron chi connectivity index (χ0n) is 13.8. The number of nitrogens with zero attached hydrogens (tertiary/aromatic N) is 2. The lowest BCUT2D eigenvalue weighted by Gasteiger charge is -2.52. The number of benzene rings is 1. The van der Waals surface area contributed by atoms with Gasteiger partial charge in [0, 0.05) is 32.1 Å². The highest BCUT2D eigenvalue weighted by molar-refractivity contribution is 5.79. The summed E-state index contributed by atoms with van der Waals surface area (Å²) < 4.78 is 13.0. The highest BCUT2D eigenvalue weighted by atomic mass is 19.1. The Morgan fingerprint density at radius 1 is 1.17 bits per heavy atom. The number of amides is 2. The van der Waals surface area contributed by atoms with Crippen molar-refractivity contribution in [3.8, 4) is 0 Å². The first-order valence-electron chi connectivity index (χ1n) is 8.92. The Morgan fingerprint density at radius 2 is 1.96 bits per heavy atom. The number of fused-ring (bicyclic) bond motifs is 4. The van der Waals surface area contributed by atoms with Crippen LogP contribution in [-0.2, 0) is 16.0 Å². The molecule has 3 saturated heterocycles. The van der Waals surface area contributed by atoms with E-state index in [-0.39, 0.29) is 11.7 Å². The smallest absolute Gasteiger partial charge is 0.227 e. The molecule has 3 aliphatic rings. The maximum Gasteiger partial charge on any atom is 0.227 e. The fourth-order valence-corrected chi connectivity index (χ4v) is 4.70. The molecule has 128 valence electrons. The molecule has 0 aliphatic carbocycles. The summed E-state index contributed by atoms with van der Waals surface area (Å²) >= 11 is 0. The monoisotopic (exact) mass is 330 g/mol. The van der Waals surface area contributed by atoms with Crippen LogP contribution in [0.4, 0.5) is 4.39 Å². The lowest BCUT2D eigenvalue weighted by molar-refractivity contribution is -0.148. The average molecular weight is 330 g/mol. The zero-order chi connectivity index (χ0) is 16.7. The molecule has 0 aromatic heterocycles. The third-order valence-corrected chi connectivity index (χ3v) is 5.80. The number of carbonyl (C=O) groups excluding carboxylic acids is 2. The van der Waals surface area contributed by atoms with E-state index in [0.29, 0.717) is 36.6 Å². The Balaban J connectivity index is 1.44. The SMILES string of the molecule is O=C(Cc1ccc(F)cc1)N1C[C@H]2C[C@H](C1)[C@H]1CCCC(=O)N1C2. The number of likely N-dealkylation sites (tertiary alicyclic amines) is 1. The molecule has 3 heterocycles. The van der Waals surface area contributed by atoms with E-state index < -0.39 is 0 Å². The molecule has 0 spiro atoms. The summed E-state index contributed by atoms with van der Waals surface area (Å²) in [5.74, 6) is 0.956. The van der Waals surface area contributed by atoms with Gasteiger partial charge in [-0.05, 0) is 48.8 Å². The van der Waals surface area contributed by atoms with Crippen LogP contribution in [0.15, 0.2) is 24.3 Å². The quantitative estimate of drug-likeness (QED) is 0.834. The Bertz CT molecular complexity index is 645. The number of hydrogen-bond donors (Lipinski definition) is 0. The van der Waals surface area contributed by atoms with E-state index in [4.69, 9.17) is 0 Å². The highest BCUT2D eigenvalue weighted by Gasteiger charge is 2.44. The van der Waals surface area contributed by atoms with Gasteiger partial charge in [-0.2, -0.15) is 0 Å². The summed E-state index contributed by atoms with van der Waals surface area (Å²) in [7, 11) is 0. The molecule has 0 saturated carbocycles. The van der Waals surface area contributed by atoms with Crippen molar-refractivity contribution in [3.63, 3.8) is 0 Å². The van der Waals surface area contributed by atoms with Crippen LogP contribution in [0, 0.1) is 17.7 Å². The van der Waals surface area contributed by atoms with Gasteiger partial charge in [-0.1, -0.05) is 12.1 Å². The van der Waals surface area contributed by atoms with Gasteiger partial charge in [-0.25, -0.2) is 4.39 Å². The summed E-state index contributed by atoms with van der Waals surface area (Å²) in [4.78, 5) is 28.9. The van der Waals surface area contributed by atoms with E-state index in [1.807, 2.05) is 4.90 Å². The molecule has 4 nitrogen and oxygen atoms in total. The maximum atomic E-state index is 13.0. The third-order valence-electron chi connectivity index (χ3n) is 5.80. The van der Waals surface area contributed by atoms with Crippen LogP contribution in [-0.4, -0.2) is 47.3 Å². The second-order valence-electron chi connectivity index (χ2n) is 7.47. The van der Waals surface area contributed by atoms with Crippen molar-refractivity contribution < 1.29 is 14.0 Å². The predicted octanol–water partition coefficient (Wildman–Crippen LogP) is 2.23. The summed E-state index contributed by atoms with van der Waals surface area (Å²) in [6.07, 6.45) is 4.19. The number of hydrogen-bond acceptors (Lipinski definition) is 2. The van der Waals surface area contributed by atoms with Gasteiger partial charge in [0.2, 0.25) is 11.8 Å². The average Bonchev–Trinajstić information content (AvgIpc) is 2.58. The first-order valence-corrected chi connectivity index (χ1v) is 8.92. The van der Waals surface area contributed by atoms with Crippen LogP contribution in [0.2, 0.25) is 0 Å². The first kappa shape index (κ1) is 15.6. The molecular formula is C19H23FN2O2. The molecule has 0 N–H and O–H groups in total. The summed E-state index contributed by atoms with van der Waals surface area (Å²) in [5.41, 5.74) is 0.853. The van der Waals surface area contributed by atoms with Crippen molar-refractivity contribution >= 4 is 11.8 Å². The van der Waals surface area contributed by atoms with Crippen LogP contribution in [0.25, 0.3) is 0 Å². The second kappa shape index (κ2) is 6.19. The molecule has 1 aromatic carbocycles. The minimum absolute atomic E-state index is 0.117. The van der Waals surface area contributed by atoms with Crippen molar-refractivity contribution in [1.29, 1.82) is 0 Å². The van der Waals surface area contributed by atoms with Crippen molar-refractivity contribution in [2.75, 3.05) is 19.6 Å². The molecule has 5 heteroatoms. The lowest BCUT2D eigenvalue weighted by atomic mass is 9.76. The molecule has 0 unspecified atom stereocenters. The van der Waals surface area contributed by atoms with Gasteiger partial charge in [-0.3, -0.25) is 9.59 Å². The standard InChI is InChI=1S/C19H23FN2O2/c20-16-6-4-13(5-7-16)9-19(24)21-10-14-8-15(12-21)17-2-1-3-18(23)22(17)11-14/h4-7,14-15,17H,1-3,8-12H2/t14-,15-,17-/m1/s1. The fraction of sp³-hybridized carbons (Fsp3) is 0.579. The van der Waals surface area contributed by atoms with Crippen LogP contribution >= 0.6 is 0 Å². The molecule has 0 radical (unpaired) electrons. The van der Waals surface area contributed by atoms with E-state index in [9.17, 15) is 14.0 Å². The minimum Gasteiger partial charge on any atom is -0.342 e. The summed E-state index contributed by atoms with van der Waals surface area (Å²) in [6, 6.07) is 6.49. The number of halogens is 1. The molecule has 3 atom stereocenters. The Morgan fingerprint density at radius 3 is 2.75 bits per heavy atom. The number of carbonyl (C=O) groups is 2. The molecular weight excluding hydrogens is 307 g/mol. The van der Waals surface area contributed by atoms with E-state index in [0.717, 1.165) is 44.5 Å². The van der Waals surface area contributed by atoms with Gasteiger partial charge in [0.15, 0.2) is 0 Å². The Labute approximate surface area is 141 Å². The molecule has 2 bridgehead atoms. The second-order valence-corrected chi connectivity index (χ2v) is 7.47. The van der Waals surface area contributed by atoms with Gasteiger partial charge >= 0.3 is 0 Å². The number of piperidine rings is 3. The molecule has 3 aliphatic heterocycles. The maximum absolute atomic E-state index is 13.0. The summed E-state index contributed by atoms with van der Waals surface area (Å²) in [5, 5.41) is 0. The molecule has 3 fully saturated rings. The Kier molecular flexibility index (Phi) is 4.02. The summed E-state index contributed by atoms with van der Waals surface area (Å²) in [6.45, 7) is 2.30. The largest absolute Gasteiger partial charge is 0.342 e. The van der Waals surface area contributed by atoms with Crippen molar-refractivity contribution in [1.82, 2.24) is 9.80 Å². The first-order chi connectivity index (χ1) is 11.6. The lowest BCUT2D eigenvalue weighted by Crippen LogP contribution is -2.61. The van der Waals surface area contributed by atoms with Crippen LogP contribution in [0.5, 0.6) is 0 Å². The topological polar surface area (TPSA) is 40.6 Å². The highest BCUT2D eigenvalue weighted by Crippen LogP contribution is 2.38. The fourth-order valence-electron chi connectivity index (χ4n) is 4.70. The van der Waals surface area contributed by atoms with E-state index in [2.05, 4.69) is 4.90 Å². The predicted molar refractivity (Wildman–Crippen MR) is 87.6 cm³/mol. The van der Waals surface area contributed by atoms with Gasteiger partial charge in [0.05, 0.1) is 6.42 Å². The van der Waals surface area contributed by atoms with Gasteiger partial charge in [-0.15, -0.1) is 0 Å². The molecule has 1 aromatic rings. The normalized spacial score (nSPS) is 29.4. The Hall–Kier alpha value is -1.91. The van der Waals surface area contributed by atoms with Gasteiger partial charge in [0.1, 0.15) is 5.82 Å². The van der Waals surface area contributed by atoms with Crippen molar-refractivity contribution in [2.24, 2.45) is 11.8 Å². The zero-order valence-corrected chi connectivity index (χ0v) is 13.8. The minimum atomic E-state index is -0.277. The van der Waals surface area contributed by atoms with E-state index in [1.165, 1.54) is 12.1 Å². The van der Waals surface area contributed by atoms with Gasteiger partial charge < -0.3 is 9.80 Å². The third kappa shape index (κ3) is 2.92. The van der Waals surface area contributed by atoms with Crippen molar-refractivity contribution in [2.45, 2.75) is 38.1 Å². The van der Waals surface area contributed by atoms with Crippen LogP contribution < -0.4 is 0 Å². The van der Waals surface area contributed by atoms with Crippen LogP contribution in [0.3, 0.4) is 0 Å². The molecule has 2 amide bonds. The van der Waals surface area contributed by atoms with Crippen LogP contribution in [0.1, 0.15) is 31.2 Å². The number of rotatable bonds is 2. The molecule has 4 rings (SSSR count). The van der Waals surface area contributed by atoms with E-state index in [1.54, 1.807) is 12.1 Å². The molecule has 24 heavy (non-hydrogen) atoms. The van der Waals surface area contributed by atoms with E-state index >= 15 is 0 Å². The van der Waals surface area contributed by atoms with Crippen molar-refractivity contribution in [3.05, 3.63) is 35.6 Å². The van der Waals surface area contributed by atoms with Gasteiger partial charge in [0.25, 0.3) is 0 Å².